The summed E-state index contributed by atoms with van der Waals surface area (Å²) in [6.45, 7) is 5.48. The molecule has 1 aromatic carbocycles. The number of thioether (sulfide) groups is 1. The maximum atomic E-state index is 13.2. The summed E-state index contributed by atoms with van der Waals surface area (Å²) in [6, 6.07) is 8.45. The van der Waals surface area contributed by atoms with Crippen LogP contribution >= 0.6 is 23.1 Å². The molecule has 0 saturated heterocycles. The average Bonchev–Trinajstić information content (AvgIpc) is 3.27. The van der Waals surface area contributed by atoms with Crippen molar-refractivity contribution in [3.05, 3.63) is 51.7 Å². The smallest absolute Gasteiger partial charge is 0.236 e. The summed E-state index contributed by atoms with van der Waals surface area (Å²) in [7, 11) is 0. The lowest BCUT2D eigenvalue weighted by Crippen LogP contribution is -2.40. The zero-order chi connectivity index (χ0) is 19.3. The van der Waals surface area contributed by atoms with Crippen LogP contribution in [-0.2, 0) is 30.6 Å². The molecule has 3 aromatic rings. The molecule has 0 N–H and O–H groups in total. The van der Waals surface area contributed by atoms with E-state index in [1.54, 1.807) is 11.8 Å². The second kappa shape index (κ2) is 7.16. The van der Waals surface area contributed by atoms with Crippen molar-refractivity contribution in [2.75, 3.05) is 6.54 Å². The Morgan fingerprint density at radius 1 is 1.18 bits per heavy atom. The first-order chi connectivity index (χ1) is 13.6. The van der Waals surface area contributed by atoms with E-state index < -0.39 is 0 Å². The van der Waals surface area contributed by atoms with Crippen molar-refractivity contribution in [2.45, 2.75) is 56.4 Å². The van der Waals surface area contributed by atoms with E-state index in [0.29, 0.717) is 6.54 Å². The number of aryl methyl sites for hydroxylation is 3. The van der Waals surface area contributed by atoms with Gasteiger partial charge in [-0.1, -0.05) is 36.0 Å². The molecule has 0 radical (unpaired) electrons. The van der Waals surface area contributed by atoms with Crippen LogP contribution in [0.25, 0.3) is 10.2 Å². The molecule has 1 aliphatic carbocycles. The van der Waals surface area contributed by atoms with E-state index in [2.05, 4.69) is 29.2 Å². The van der Waals surface area contributed by atoms with Gasteiger partial charge < -0.3 is 4.90 Å². The first-order valence-corrected chi connectivity index (χ1v) is 11.6. The Kier molecular flexibility index (Phi) is 4.63. The number of amides is 1. The van der Waals surface area contributed by atoms with Crippen molar-refractivity contribution >= 4 is 39.2 Å². The monoisotopic (exact) mass is 409 g/mol. The van der Waals surface area contributed by atoms with Crippen LogP contribution < -0.4 is 0 Å². The van der Waals surface area contributed by atoms with Gasteiger partial charge in [-0.15, -0.1) is 11.3 Å². The summed E-state index contributed by atoms with van der Waals surface area (Å²) in [5.74, 6) is 0.997. The van der Waals surface area contributed by atoms with Crippen LogP contribution in [0.5, 0.6) is 0 Å². The van der Waals surface area contributed by atoms with Crippen LogP contribution in [0.3, 0.4) is 0 Å². The Balaban J connectivity index is 1.40. The molecule has 2 aromatic heterocycles. The lowest BCUT2D eigenvalue weighted by molar-refractivity contribution is -0.131. The van der Waals surface area contributed by atoms with Crippen LogP contribution in [0.4, 0.5) is 0 Å². The number of rotatable bonds is 3. The van der Waals surface area contributed by atoms with Crippen LogP contribution in [0.1, 0.15) is 40.7 Å². The van der Waals surface area contributed by atoms with E-state index in [9.17, 15) is 4.79 Å². The highest BCUT2D eigenvalue weighted by molar-refractivity contribution is 8.00. The summed E-state index contributed by atoms with van der Waals surface area (Å²) in [5.41, 5.74) is 4.07. The first-order valence-electron chi connectivity index (χ1n) is 9.91. The quantitative estimate of drug-likeness (QED) is 0.470. The number of benzene rings is 1. The van der Waals surface area contributed by atoms with Crippen molar-refractivity contribution in [3.8, 4) is 0 Å². The number of thiophene rings is 1. The largest absolute Gasteiger partial charge is 0.337 e. The van der Waals surface area contributed by atoms with Crippen molar-refractivity contribution in [3.63, 3.8) is 0 Å². The average molecular weight is 410 g/mol. The van der Waals surface area contributed by atoms with Gasteiger partial charge in [0.2, 0.25) is 5.91 Å². The maximum Gasteiger partial charge on any atom is 0.236 e. The van der Waals surface area contributed by atoms with Gasteiger partial charge in [-0.2, -0.15) is 0 Å². The summed E-state index contributed by atoms with van der Waals surface area (Å²) < 4.78 is 0. The predicted octanol–water partition coefficient (Wildman–Crippen LogP) is 4.55. The molecule has 0 saturated carbocycles. The van der Waals surface area contributed by atoms with E-state index in [1.807, 2.05) is 30.1 Å². The third kappa shape index (κ3) is 3.12. The molecule has 0 unspecified atom stereocenters. The van der Waals surface area contributed by atoms with E-state index in [1.165, 1.54) is 33.4 Å². The zero-order valence-electron chi connectivity index (χ0n) is 16.2. The molecule has 1 atom stereocenters. The Labute approximate surface area is 173 Å². The van der Waals surface area contributed by atoms with Crippen molar-refractivity contribution < 1.29 is 4.79 Å². The number of nitrogens with zero attached hydrogens (tertiary/aromatic N) is 3. The molecule has 144 valence electrons. The summed E-state index contributed by atoms with van der Waals surface area (Å²) in [4.78, 5) is 27.1. The highest BCUT2D eigenvalue weighted by Gasteiger charge is 2.28. The molecule has 3 heterocycles. The molecular formula is C22H23N3OS2. The normalized spacial score (nSPS) is 16.9. The van der Waals surface area contributed by atoms with Crippen molar-refractivity contribution in [2.24, 2.45) is 0 Å². The fourth-order valence-electron chi connectivity index (χ4n) is 4.31. The van der Waals surface area contributed by atoms with Gasteiger partial charge in [-0.3, -0.25) is 4.79 Å². The summed E-state index contributed by atoms with van der Waals surface area (Å²) >= 11 is 3.42. The number of fused-ring (bicyclic) bond motifs is 4. The zero-order valence-corrected chi connectivity index (χ0v) is 17.8. The second-order valence-corrected chi connectivity index (χ2v) is 10.1. The van der Waals surface area contributed by atoms with Gasteiger partial charge in [-0.05, 0) is 56.2 Å². The summed E-state index contributed by atoms with van der Waals surface area (Å²) in [6.07, 6.45) is 4.42. The summed E-state index contributed by atoms with van der Waals surface area (Å²) in [5, 5.41) is 2.04. The van der Waals surface area contributed by atoms with Gasteiger partial charge in [0.05, 0.1) is 5.25 Å². The van der Waals surface area contributed by atoms with Crippen LogP contribution in [0.2, 0.25) is 0 Å². The van der Waals surface area contributed by atoms with Crippen molar-refractivity contribution in [1.82, 2.24) is 14.9 Å². The maximum absolute atomic E-state index is 13.2. The third-order valence-electron chi connectivity index (χ3n) is 5.72. The van der Waals surface area contributed by atoms with Gasteiger partial charge in [0.25, 0.3) is 0 Å². The highest BCUT2D eigenvalue weighted by Crippen LogP contribution is 2.41. The van der Waals surface area contributed by atoms with Gasteiger partial charge in [0, 0.05) is 23.4 Å². The lowest BCUT2D eigenvalue weighted by Gasteiger charge is -2.30. The highest BCUT2D eigenvalue weighted by atomic mass is 32.2. The molecule has 0 spiro atoms. The van der Waals surface area contributed by atoms with Gasteiger partial charge >= 0.3 is 0 Å². The number of carbonyl (C=O) groups is 1. The molecule has 1 aliphatic heterocycles. The van der Waals surface area contributed by atoms with Crippen LogP contribution in [0.15, 0.2) is 29.3 Å². The van der Waals surface area contributed by atoms with E-state index in [-0.39, 0.29) is 11.2 Å². The van der Waals surface area contributed by atoms with Crippen molar-refractivity contribution in [1.29, 1.82) is 0 Å². The molecule has 6 heteroatoms. The molecule has 0 fully saturated rings. The third-order valence-corrected chi connectivity index (χ3v) is 7.98. The second-order valence-electron chi connectivity index (χ2n) is 7.65. The predicted molar refractivity (Wildman–Crippen MR) is 115 cm³/mol. The number of hydrogen-bond acceptors (Lipinski definition) is 5. The molecule has 4 nitrogen and oxygen atoms in total. The topological polar surface area (TPSA) is 46.1 Å². The number of hydrogen-bond donors (Lipinski definition) is 0. The minimum Gasteiger partial charge on any atom is -0.337 e. The number of aromatic nitrogens is 2. The molecule has 0 bridgehead atoms. The van der Waals surface area contributed by atoms with Crippen LogP contribution in [-0.4, -0.2) is 32.6 Å². The fraction of sp³-hybridized carbons (Fsp3) is 0.409. The minimum atomic E-state index is -0.153. The van der Waals surface area contributed by atoms with E-state index in [0.717, 1.165) is 41.5 Å². The van der Waals surface area contributed by atoms with E-state index in [4.69, 9.17) is 4.98 Å². The molecule has 1 amide bonds. The first kappa shape index (κ1) is 18.1. The Morgan fingerprint density at radius 3 is 2.86 bits per heavy atom. The lowest BCUT2D eigenvalue weighted by atomic mass is 10.00. The Bertz CT molecular complexity index is 1080. The standard InChI is InChI=1S/C22H23N3OS2/c1-13(22(26)25-11-10-15-6-3-4-7-16(15)12-25)27-20-19-17-8-5-9-18(17)28-21(19)24-14(2)23-20/h3-4,6-7,13H,5,8-12H2,1-2H3/t13-/m0/s1. The van der Waals surface area contributed by atoms with Gasteiger partial charge in [-0.25, -0.2) is 9.97 Å². The Morgan fingerprint density at radius 2 is 2.00 bits per heavy atom. The van der Waals surface area contributed by atoms with Gasteiger partial charge in [0.1, 0.15) is 15.7 Å². The molecule has 2 aliphatic rings. The Hall–Kier alpha value is -1.92. The fourth-order valence-corrected chi connectivity index (χ4v) is 6.79. The van der Waals surface area contributed by atoms with E-state index >= 15 is 0 Å². The molecule has 5 rings (SSSR count). The van der Waals surface area contributed by atoms with Crippen LogP contribution in [0, 0.1) is 6.92 Å². The minimum absolute atomic E-state index is 0.153. The number of carbonyl (C=O) groups excluding carboxylic acids is 1. The van der Waals surface area contributed by atoms with Gasteiger partial charge in [0.15, 0.2) is 0 Å². The molecular weight excluding hydrogens is 386 g/mol. The molecule has 28 heavy (non-hydrogen) atoms. The SMILES string of the molecule is Cc1nc(S[C@@H](C)C(=O)N2CCc3ccccc3C2)c2c3c(sc2n1)CCC3.